The van der Waals surface area contributed by atoms with Crippen LogP contribution in [0.2, 0.25) is 0 Å². The quantitative estimate of drug-likeness (QED) is 0.882. The summed E-state index contributed by atoms with van der Waals surface area (Å²) in [7, 11) is 0. The summed E-state index contributed by atoms with van der Waals surface area (Å²) in [6, 6.07) is 3.30. The van der Waals surface area contributed by atoms with Gasteiger partial charge in [0.1, 0.15) is 11.5 Å². The molecule has 0 aliphatic heterocycles. The molecule has 1 aromatic heterocycles. The minimum absolute atomic E-state index is 0.0848. The number of thiazole rings is 1. The highest BCUT2D eigenvalue weighted by Crippen LogP contribution is 2.35. The van der Waals surface area contributed by atoms with Crippen molar-refractivity contribution in [1.29, 1.82) is 0 Å². The molecule has 0 bridgehead atoms. The van der Waals surface area contributed by atoms with Crippen LogP contribution in [0.1, 0.15) is 36.6 Å². The first-order chi connectivity index (χ1) is 8.58. The lowest BCUT2D eigenvalue weighted by Crippen LogP contribution is -1.90. The number of aromatic hydroxyl groups is 2. The number of phenols is 2. The Morgan fingerprint density at radius 2 is 1.83 bits per heavy atom. The standard InChI is InChI=1S/C14H15NO2S/c1-9(2)14-12(16)5-10(6-13(14)17)3-4-11-7-18-8-15-11/h3-9,16-17H,1-2H3. The molecule has 18 heavy (non-hydrogen) atoms. The zero-order valence-corrected chi connectivity index (χ0v) is 11.1. The van der Waals surface area contributed by atoms with Crippen LogP contribution >= 0.6 is 11.3 Å². The number of benzene rings is 1. The van der Waals surface area contributed by atoms with Crippen LogP contribution in [0.4, 0.5) is 0 Å². The summed E-state index contributed by atoms with van der Waals surface area (Å²) >= 11 is 1.53. The van der Waals surface area contributed by atoms with Gasteiger partial charge in [0.25, 0.3) is 0 Å². The van der Waals surface area contributed by atoms with Gasteiger partial charge >= 0.3 is 0 Å². The molecule has 0 unspecified atom stereocenters. The maximum atomic E-state index is 9.89. The van der Waals surface area contributed by atoms with Gasteiger partial charge in [-0.05, 0) is 29.7 Å². The van der Waals surface area contributed by atoms with Gasteiger partial charge < -0.3 is 10.2 Å². The molecule has 0 amide bonds. The lowest BCUT2D eigenvalue weighted by Gasteiger charge is -2.11. The fourth-order valence-electron chi connectivity index (χ4n) is 1.82. The first-order valence-electron chi connectivity index (χ1n) is 5.70. The number of phenolic OH excluding ortho intramolecular Hbond substituents is 2. The fraction of sp³-hybridized carbons (Fsp3) is 0.214. The molecule has 94 valence electrons. The van der Waals surface area contributed by atoms with E-state index < -0.39 is 0 Å². The van der Waals surface area contributed by atoms with Crippen molar-refractivity contribution in [3.05, 3.63) is 39.8 Å². The van der Waals surface area contributed by atoms with Crippen LogP contribution in [0.15, 0.2) is 23.0 Å². The third-order valence-corrected chi connectivity index (χ3v) is 3.24. The van der Waals surface area contributed by atoms with Crippen molar-refractivity contribution in [2.45, 2.75) is 19.8 Å². The summed E-state index contributed by atoms with van der Waals surface area (Å²) in [6.45, 7) is 3.86. The van der Waals surface area contributed by atoms with Gasteiger partial charge in [-0.25, -0.2) is 4.98 Å². The lowest BCUT2D eigenvalue weighted by atomic mass is 9.99. The molecule has 0 radical (unpaired) electrons. The molecule has 0 fully saturated rings. The van der Waals surface area contributed by atoms with Gasteiger partial charge in [-0.2, -0.15) is 0 Å². The Morgan fingerprint density at radius 1 is 1.17 bits per heavy atom. The topological polar surface area (TPSA) is 53.4 Å². The Hall–Kier alpha value is -1.81. The summed E-state index contributed by atoms with van der Waals surface area (Å²) in [4.78, 5) is 4.13. The Labute approximate surface area is 110 Å². The zero-order valence-electron chi connectivity index (χ0n) is 10.3. The molecule has 2 rings (SSSR count). The van der Waals surface area contributed by atoms with Crippen LogP contribution in [-0.2, 0) is 0 Å². The van der Waals surface area contributed by atoms with E-state index in [9.17, 15) is 10.2 Å². The SMILES string of the molecule is CC(C)c1c(O)cc(C=Cc2cscn2)cc1O. The summed E-state index contributed by atoms with van der Waals surface area (Å²) in [6.07, 6.45) is 3.67. The number of nitrogens with zero attached hydrogens (tertiary/aromatic N) is 1. The molecule has 2 aromatic rings. The molecule has 0 saturated carbocycles. The van der Waals surface area contributed by atoms with Gasteiger partial charge in [-0.1, -0.05) is 19.9 Å². The zero-order chi connectivity index (χ0) is 13.1. The highest BCUT2D eigenvalue weighted by Gasteiger charge is 2.12. The monoisotopic (exact) mass is 261 g/mol. The van der Waals surface area contributed by atoms with Gasteiger partial charge in [0, 0.05) is 10.9 Å². The molecule has 4 heteroatoms. The summed E-state index contributed by atoms with van der Waals surface area (Å²) in [5, 5.41) is 21.7. The Morgan fingerprint density at radius 3 is 2.33 bits per heavy atom. The number of hydrogen-bond acceptors (Lipinski definition) is 4. The van der Waals surface area contributed by atoms with Gasteiger partial charge in [0.2, 0.25) is 0 Å². The van der Waals surface area contributed by atoms with E-state index >= 15 is 0 Å². The smallest absolute Gasteiger partial charge is 0.123 e. The van der Waals surface area contributed by atoms with Crippen molar-refractivity contribution in [2.24, 2.45) is 0 Å². The Bertz CT molecular complexity index is 536. The van der Waals surface area contributed by atoms with Crippen molar-refractivity contribution in [2.75, 3.05) is 0 Å². The average molecular weight is 261 g/mol. The molecule has 0 atom stereocenters. The van der Waals surface area contributed by atoms with Crippen LogP contribution in [0.5, 0.6) is 11.5 Å². The first-order valence-corrected chi connectivity index (χ1v) is 6.64. The third kappa shape index (κ3) is 2.71. The normalized spacial score (nSPS) is 11.5. The molecule has 1 aromatic carbocycles. The second-order valence-corrected chi connectivity index (χ2v) is 5.09. The molecular weight excluding hydrogens is 246 g/mol. The van der Waals surface area contributed by atoms with Crippen LogP contribution in [0, 0.1) is 0 Å². The van der Waals surface area contributed by atoms with Gasteiger partial charge in [0.15, 0.2) is 0 Å². The van der Waals surface area contributed by atoms with E-state index in [1.807, 2.05) is 31.4 Å². The van der Waals surface area contributed by atoms with Crippen LogP contribution in [-0.4, -0.2) is 15.2 Å². The second-order valence-electron chi connectivity index (χ2n) is 4.37. The van der Waals surface area contributed by atoms with Gasteiger partial charge in [-0.3, -0.25) is 0 Å². The molecule has 0 saturated heterocycles. The van der Waals surface area contributed by atoms with E-state index in [2.05, 4.69) is 4.98 Å². The molecule has 0 aliphatic rings. The minimum Gasteiger partial charge on any atom is -0.507 e. The summed E-state index contributed by atoms with van der Waals surface area (Å²) < 4.78 is 0. The predicted octanol–water partition coefficient (Wildman–Crippen LogP) is 3.85. The fourth-order valence-corrected chi connectivity index (χ4v) is 2.34. The van der Waals surface area contributed by atoms with Crippen LogP contribution in [0.25, 0.3) is 12.2 Å². The van der Waals surface area contributed by atoms with E-state index in [0.29, 0.717) is 5.56 Å². The highest BCUT2D eigenvalue weighted by molar-refractivity contribution is 7.07. The Kier molecular flexibility index (Phi) is 3.67. The number of rotatable bonds is 3. The van der Waals surface area contributed by atoms with E-state index in [-0.39, 0.29) is 17.4 Å². The largest absolute Gasteiger partial charge is 0.507 e. The average Bonchev–Trinajstić information content (AvgIpc) is 2.77. The van der Waals surface area contributed by atoms with Crippen LogP contribution < -0.4 is 0 Å². The highest BCUT2D eigenvalue weighted by atomic mass is 32.1. The van der Waals surface area contributed by atoms with Gasteiger partial charge in [-0.15, -0.1) is 11.3 Å². The first kappa shape index (κ1) is 12.6. The Balaban J connectivity index is 2.31. The predicted molar refractivity (Wildman–Crippen MR) is 74.9 cm³/mol. The van der Waals surface area contributed by atoms with E-state index in [0.717, 1.165) is 11.3 Å². The van der Waals surface area contributed by atoms with E-state index in [4.69, 9.17) is 0 Å². The van der Waals surface area contributed by atoms with Crippen LogP contribution in [0.3, 0.4) is 0 Å². The van der Waals surface area contributed by atoms with E-state index in [1.54, 1.807) is 17.6 Å². The van der Waals surface area contributed by atoms with Crippen molar-refractivity contribution in [1.82, 2.24) is 4.98 Å². The molecule has 1 heterocycles. The maximum absolute atomic E-state index is 9.89. The van der Waals surface area contributed by atoms with E-state index in [1.165, 1.54) is 11.3 Å². The molecular formula is C14H15NO2S. The van der Waals surface area contributed by atoms with Gasteiger partial charge in [0.05, 0.1) is 11.2 Å². The lowest BCUT2D eigenvalue weighted by molar-refractivity contribution is 0.433. The molecule has 0 spiro atoms. The molecule has 2 N–H and O–H groups in total. The third-order valence-electron chi connectivity index (χ3n) is 2.63. The molecule has 0 aliphatic carbocycles. The number of hydrogen-bond donors (Lipinski definition) is 2. The molecule has 3 nitrogen and oxygen atoms in total. The van der Waals surface area contributed by atoms with Crippen molar-refractivity contribution in [3.8, 4) is 11.5 Å². The second kappa shape index (κ2) is 5.23. The summed E-state index contributed by atoms with van der Waals surface area (Å²) in [5.41, 5.74) is 3.96. The number of aromatic nitrogens is 1. The summed E-state index contributed by atoms with van der Waals surface area (Å²) in [5.74, 6) is 0.340. The van der Waals surface area contributed by atoms with Crippen molar-refractivity contribution < 1.29 is 10.2 Å². The van der Waals surface area contributed by atoms with Crippen molar-refractivity contribution >= 4 is 23.5 Å². The maximum Gasteiger partial charge on any atom is 0.123 e. The minimum atomic E-state index is 0.0848. The van der Waals surface area contributed by atoms with Crippen molar-refractivity contribution in [3.63, 3.8) is 0 Å².